The molecule has 630 valence electrons. The molecule has 22 aromatic rings. The number of nitrogens with one attached hydrogen (secondary N) is 2. The van der Waals surface area contributed by atoms with Crippen LogP contribution in [0.4, 0.5) is 17.8 Å². The lowest BCUT2D eigenvalue weighted by Crippen LogP contribution is -1.92. The van der Waals surface area contributed by atoms with E-state index in [4.69, 9.17) is 85.7 Å². The summed E-state index contributed by atoms with van der Waals surface area (Å²) in [6, 6.07) is 106. The molecule has 0 radical (unpaired) electrons. The summed E-state index contributed by atoms with van der Waals surface area (Å²) in [5, 5.41) is 45.3. The molecule has 0 unspecified atom stereocenters. The second kappa shape index (κ2) is 44.7. The van der Waals surface area contributed by atoms with E-state index < -0.39 is 0 Å². The monoisotopic (exact) mass is 2120 g/mol. The Hall–Kier alpha value is -13.1. The number of nitrogens with zero attached hydrogens (tertiary/aromatic N) is 14. The van der Waals surface area contributed by atoms with Crippen molar-refractivity contribution >= 4 is 205 Å². The fraction of sp³-hybridized carbons (Fsp3) is 0.0106. The Kier molecular flexibility index (Phi) is 31.7. The van der Waals surface area contributed by atoms with Gasteiger partial charge in [-0.2, -0.15) is 0 Å². The highest BCUT2D eigenvalue weighted by molar-refractivity contribution is 14.1. The number of aromatic amines is 2. The largest absolute Gasteiger partial charge is 0.423 e. The molecule has 33 heteroatoms. The smallest absolute Gasteiger partial charge is 0.313 e. The van der Waals surface area contributed by atoms with Gasteiger partial charge < -0.3 is 53.8 Å². The van der Waals surface area contributed by atoms with E-state index in [1.807, 2.05) is 194 Å². The van der Waals surface area contributed by atoms with Gasteiger partial charge in [-0.3, -0.25) is 0 Å². The van der Waals surface area contributed by atoms with E-state index in [1.165, 1.54) is 37.5 Å². The second-order valence-electron chi connectivity index (χ2n) is 26.5. The van der Waals surface area contributed by atoms with Crippen LogP contribution in [0.5, 0.6) is 0 Å². The fourth-order valence-corrected chi connectivity index (χ4v) is 14.6. The van der Waals surface area contributed by atoms with Gasteiger partial charge >= 0.3 is 12.0 Å². The number of hydrogen-bond acceptors (Lipinski definition) is 21. The summed E-state index contributed by atoms with van der Waals surface area (Å²) in [5.41, 5.74) is 29.6. The van der Waals surface area contributed by atoms with Crippen molar-refractivity contribution in [1.82, 2.24) is 80.5 Å². The number of imidazole rings is 2. The Morgan fingerprint density at radius 1 is 0.386 bits per heavy atom. The van der Waals surface area contributed by atoms with Gasteiger partial charge in [0.1, 0.15) is 16.2 Å². The third kappa shape index (κ3) is 24.8. The normalized spacial score (nSPS) is 10.5. The molecular formula is C94H66Br4Cl4IN19O5. The van der Waals surface area contributed by atoms with Crippen molar-refractivity contribution in [3.63, 3.8) is 0 Å². The highest BCUT2D eigenvalue weighted by Gasteiger charge is 2.17. The minimum absolute atomic E-state index is 0.0370. The third-order valence-corrected chi connectivity index (χ3v) is 21.9. The number of rotatable bonds is 9. The van der Waals surface area contributed by atoms with Crippen molar-refractivity contribution in [2.24, 2.45) is 0 Å². The van der Waals surface area contributed by atoms with Crippen LogP contribution < -0.4 is 17.2 Å². The number of fused-ring (bicyclic) bond motifs is 6. The molecule has 0 amide bonds. The number of pyridine rings is 1. The molecule has 22 rings (SSSR count). The van der Waals surface area contributed by atoms with E-state index >= 15 is 0 Å². The highest BCUT2D eigenvalue weighted by atomic mass is 127. The van der Waals surface area contributed by atoms with E-state index in [2.05, 4.69) is 258 Å². The number of alkyl halides is 1. The van der Waals surface area contributed by atoms with Crippen LogP contribution in [0.15, 0.2) is 380 Å². The van der Waals surface area contributed by atoms with Gasteiger partial charge in [-0.25, -0.2) is 15.0 Å². The molecule has 8 N–H and O–H groups in total. The van der Waals surface area contributed by atoms with E-state index in [0.717, 1.165) is 95.1 Å². The number of nitrogen functional groups attached to an aromatic ring is 3. The summed E-state index contributed by atoms with van der Waals surface area (Å²) >= 11 is 38.7. The number of hydrogen-bond donors (Lipinski definition) is 5. The molecule has 0 aliphatic rings. The molecule has 0 fully saturated rings. The number of aromatic nitrogens is 16. The van der Waals surface area contributed by atoms with Gasteiger partial charge in [0.25, 0.3) is 5.89 Å². The molecular weight excluding hydrogens is 2060 g/mol. The molecule has 0 saturated heterocycles. The average molecular weight is 2130 g/mol. The predicted octanol–water partition coefficient (Wildman–Crippen LogP) is 27.3. The average Bonchev–Trinajstić information content (AvgIpc) is 1.59. The quantitative estimate of drug-likeness (QED) is 0.0509. The summed E-state index contributed by atoms with van der Waals surface area (Å²) in [7, 11) is 0. The summed E-state index contributed by atoms with van der Waals surface area (Å²) in [4.78, 5) is 18.2. The standard InChI is InChI=1S/C18H11BrN2O.C18H12IN.C14H9BrN2O.C8H5BrN2O.2C8H6ClN3O.C8H7ClN2.C7H5ClN2.C5H5BrN2/c19-14-10-8-13(9-11-14)17-20-21-18(22-17)16-7-3-5-12-4-1-2-6-15(12)16;19-13-10-11-18-16(12-13)15-8-4-5-9-17(15)20(18)14-6-2-1-3-7-14;15-12-9-5-4-8-11(12)14-17-16-13(18-14)10-6-2-1-3-7-10;9-7-3-1-6(2-4-7)8-11-10-5-12-8;9-6-3-1-5(2-4-6)7-11-12-8(10)13-7;9-6-4-2-1-3-5(6)7-11-12-8(10)13-7;9-5-8-10-6-3-1-2-4-7(6)11-8;8-5-1-2-6-7(3-5)10-4-9-6;6-4-2-1-3-5(7)8-4/h1-11H;1-12H;1-9H;1-5H;2*1-4H,(H2,10,12);1-4H,5H2,(H,10,11);1-4H,(H,9,10);1-3H,(H2,7,8). The molecule has 0 bridgehead atoms. The summed E-state index contributed by atoms with van der Waals surface area (Å²) < 4.78 is 34.0. The SMILES string of the molecule is Brc1ccc(-c2nnc(-c3cccc4ccccc34)o2)cc1.Brc1ccc(-c2nnco2)cc1.Brc1ccccc1-c1nnc(-c2ccccc2)o1.ClCc1nc2ccccc2[nH]1.Clc1ccc2nc[nH]c2c1.Ic1ccc2c(c1)c1ccccc1n2-c1ccccc1.Nc1cccc(Br)n1.Nc1nnc(-c2ccc(Cl)cc2)o1.Nc1nnc(-c2ccccc2Cl)o1. The van der Waals surface area contributed by atoms with Crippen LogP contribution >= 0.6 is 133 Å². The first-order chi connectivity index (χ1) is 61.9. The zero-order valence-corrected chi connectivity index (χ0v) is 77.5. The molecule has 9 aromatic heterocycles. The lowest BCUT2D eigenvalue weighted by molar-refractivity contribution is 0.568. The van der Waals surface area contributed by atoms with Gasteiger partial charge in [0.2, 0.25) is 41.7 Å². The molecule has 9 heterocycles. The first-order valence-electron chi connectivity index (χ1n) is 38.1. The van der Waals surface area contributed by atoms with Gasteiger partial charge in [-0.15, -0.1) is 52.4 Å². The van der Waals surface area contributed by atoms with E-state index in [0.29, 0.717) is 68.5 Å². The van der Waals surface area contributed by atoms with Gasteiger partial charge in [0.15, 0.2) is 0 Å². The molecule has 13 aromatic carbocycles. The molecule has 0 saturated carbocycles. The number of benzene rings is 13. The van der Waals surface area contributed by atoms with Crippen LogP contribution in [0.25, 0.3) is 141 Å². The van der Waals surface area contributed by atoms with Crippen LogP contribution in [0.2, 0.25) is 15.1 Å². The van der Waals surface area contributed by atoms with Crippen LogP contribution in [0, 0.1) is 3.57 Å². The van der Waals surface area contributed by atoms with Crippen LogP contribution in [-0.2, 0) is 5.88 Å². The van der Waals surface area contributed by atoms with Crippen molar-refractivity contribution in [3.8, 4) is 85.9 Å². The van der Waals surface area contributed by atoms with Crippen LogP contribution in [0.3, 0.4) is 0 Å². The van der Waals surface area contributed by atoms with Crippen molar-refractivity contribution in [1.29, 1.82) is 0 Å². The van der Waals surface area contributed by atoms with Crippen LogP contribution in [0.1, 0.15) is 5.82 Å². The van der Waals surface area contributed by atoms with E-state index in [-0.39, 0.29) is 12.0 Å². The van der Waals surface area contributed by atoms with E-state index in [9.17, 15) is 0 Å². The summed E-state index contributed by atoms with van der Waals surface area (Å²) in [6.07, 6.45) is 2.97. The van der Waals surface area contributed by atoms with Gasteiger partial charge in [0.05, 0.1) is 61.5 Å². The lowest BCUT2D eigenvalue weighted by Gasteiger charge is -2.07. The van der Waals surface area contributed by atoms with Crippen molar-refractivity contribution in [3.05, 3.63) is 383 Å². The Labute approximate surface area is 792 Å². The number of H-pyrrole nitrogens is 2. The zero-order chi connectivity index (χ0) is 88.4. The summed E-state index contributed by atoms with van der Waals surface area (Å²) in [5.74, 6) is 5.19. The second-order valence-corrected chi connectivity index (χ2v) is 32.8. The molecule has 0 spiro atoms. The Balaban J connectivity index is 0.000000118. The first-order valence-corrected chi connectivity index (χ1v) is 44.0. The molecule has 24 nitrogen and oxygen atoms in total. The number of anilines is 3. The maximum Gasteiger partial charge on any atom is 0.313 e. The van der Waals surface area contributed by atoms with Gasteiger partial charge in [-0.05, 0) is 259 Å². The number of nitrogens with two attached hydrogens (primary N) is 3. The Bertz CT molecular complexity index is 7220. The van der Waals surface area contributed by atoms with Crippen molar-refractivity contribution < 1.29 is 22.1 Å². The van der Waals surface area contributed by atoms with Crippen LogP contribution in [-0.4, -0.2) is 80.5 Å². The first kappa shape index (κ1) is 90.2. The maximum atomic E-state index is 5.90. The number of halogens is 9. The number of para-hydroxylation sites is 4. The topological polar surface area (TPSA) is 348 Å². The Morgan fingerprint density at radius 2 is 0.906 bits per heavy atom. The van der Waals surface area contributed by atoms with E-state index in [1.54, 1.807) is 48.8 Å². The predicted molar refractivity (Wildman–Crippen MR) is 526 cm³/mol. The highest BCUT2D eigenvalue weighted by Crippen LogP contribution is 2.36. The van der Waals surface area contributed by atoms with Crippen molar-refractivity contribution in [2.75, 3.05) is 17.2 Å². The molecule has 0 aliphatic heterocycles. The molecule has 0 aliphatic carbocycles. The minimum Gasteiger partial charge on any atom is -0.423 e. The fourth-order valence-electron chi connectivity index (χ4n) is 12.1. The maximum absolute atomic E-state index is 5.90. The van der Waals surface area contributed by atoms with Crippen molar-refractivity contribution in [2.45, 2.75) is 5.88 Å². The zero-order valence-electron chi connectivity index (χ0n) is 66.0. The van der Waals surface area contributed by atoms with Gasteiger partial charge in [0, 0.05) is 71.3 Å². The minimum atomic E-state index is 0.0370. The Morgan fingerprint density at radius 3 is 1.54 bits per heavy atom. The lowest BCUT2D eigenvalue weighted by atomic mass is 10.0. The third-order valence-electron chi connectivity index (χ3n) is 17.9. The molecule has 0 atom stereocenters. The molecule has 127 heavy (non-hydrogen) atoms. The summed E-state index contributed by atoms with van der Waals surface area (Å²) in [6.45, 7) is 0. The van der Waals surface area contributed by atoms with Gasteiger partial charge in [-0.1, -0.05) is 210 Å².